The lowest BCUT2D eigenvalue weighted by Gasteiger charge is -2.15. The maximum Gasteiger partial charge on any atom is 0.341 e. The van der Waals surface area contributed by atoms with Crippen LogP contribution < -0.4 is 4.74 Å². The van der Waals surface area contributed by atoms with Crippen LogP contribution in [0.15, 0.2) is 54.9 Å². The maximum absolute atomic E-state index is 12.2. The van der Waals surface area contributed by atoms with E-state index < -0.39 is 5.97 Å². The fourth-order valence-electron chi connectivity index (χ4n) is 3.29. The van der Waals surface area contributed by atoms with E-state index >= 15 is 0 Å². The molecule has 0 bridgehead atoms. The van der Waals surface area contributed by atoms with Crippen LogP contribution in [0.2, 0.25) is 0 Å². The molecule has 0 aliphatic carbocycles. The summed E-state index contributed by atoms with van der Waals surface area (Å²) in [5.74, 6) is 0.327. The quantitative estimate of drug-likeness (QED) is 0.330. The summed E-state index contributed by atoms with van der Waals surface area (Å²) >= 11 is 0. The largest absolute Gasteiger partial charge is 0.503 e. The molecule has 0 radical (unpaired) electrons. The zero-order valence-electron chi connectivity index (χ0n) is 17.9. The molecule has 0 aliphatic heterocycles. The van der Waals surface area contributed by atoms with Gasteiger partial charge in [-0.25, -0.2) is 4.79 Å². The van der Waals surface area contributed by atoms with Crippen molar-refractivity contribution < 1.29 is 19.0 Å². The highest BCUT2D eigenvalue weighted by Crippen LogP contribution is 2.30. The Morgan fingerprint density at radius 1 is 1.10 bits per heavy atom. The normalized spacial score (nSPS) is 11.3. The second-order valence-corrected chi connectivity index (χ2v) is 7.01. The first-order valence-electron chi connectivity index (χ1n) is 9.58. The van der Waals surface area contributed by atoms with Gasteiger partial charge in [0.1, 0.15) is 17.9 Å². The first-order valence-corrected chi connectivity index (χ1v) is 9.58. The van der Waals surface area contributed by atoms with Gasteiger partial charge in [-0.2, -0.15) is 5.10 Å². The van der Waals surface area contributed by atoms with Gasteiger partial charge in [0.25, 0.3) is 0 Å². The Morgan fingerprint density at radius 3 is 2.53 bits per heavy atom. The van der Waals surface area contributed by atoms with E-state index in [2.05, 4.69) is 11.2 Å². The number of nitrogens with zero attached hydrogens (tertiary/aromatic N) is 2. The van der Waals surface area contributed by atoms with Crippen molar-refractivity contribution in [1.82, 2.24) is 9.78 Å². The van der Waals surface area contributed by atoms with E-state index in [1.54, 1.807) is 4.68 Å². The van der Waals surface area contributed by atoms with Gasteiger partial charge >= 0.3 is 5.97 Å². The number of methoxy groups -OCH3 is 2. The second-order valence-electron chi connectivity index (χ2n) is 7.01. The Morgan fingerprint density at radius 2 is 1.87 bits per heavy atom. The van der Waals surface area contributed by atoms with E-state index in [-0.39, 0.29) is 0 Å². The molecule has 0 fully saturated rings. The fourth-order valence-corrected chi connectivity index (χ4v) is 3.29. The summed E-state index contributed by atoms with van der Waals surface area (Å²) in [6.07, 6.45) is 3.32. The van der Waals surface area contributed by atoms with Crippen LogP contribution in [0.25, 0.3) is 16.8 Å². The van der Waals surface area contributed by atoms with Crippen molar-refractivity contribution in [1.29, 1.82) is 0 Å². The van der Waals surface area contributed by atoms with Crippen molar-refractivity contribution in [2.75, 3.05) is 14.2 Å². The standard InChI is InChI=1S/C24H26N2O4/c1-16-13-23(17(2)12-20(16)22-10-11-26(3)25-22)30-14-18-8-6-7-9-19(18)21(15-28-4)24(27)29-5/h6-13,15H,14H2,1-5H3/b21-15-. The average molecular weight is 406 g/mol. The summed E-state index contributed by atoms with van der Waals surface area (Å²) in [5, 5.41) is 4.49. The smallest absolute Gasteiger partial charge is 0.341 e. The third kappa shape index (κ3) is 4.54. The molecule has 3 aromatic rings. The lowest BCUT2D eigenvalue weighted by Crippen LogP contribution is -2.08. The molecule has 0 amide bonds. The number of aromatic nitrogens is 2. The second kappa shape index (κ2) is 9.31. The van der Waals surface area contributed by atoms with Crippen LogP contribution in [0, 0.1) is 13.8 Å². The molecule has 6 nitrogen and oxygen atoms in total. The molecule has 30 heavy (non-hydrogen) atoms. The summed E-state index contributed by atoms with van der Waals surface area (Å²) in [7, 11) is 4.75. The summed E-state index contributed by atoms with van der Waals surface area (Å²) in [6.45, 7) is 4.36. The molecule has 0 N–H and O–H groups in total. The fraction of sp³-hybridized carbons (Fsp3) is 0.250. The van der Waals surface area contributed by atoms with Gasteiger partial charge < -0.3 is 14.2 Å². The van der Waals surface area contributed by atoms with E-state index in [1.165, 1.54) is 20.5 Å². The predicted molar refractivity (Wildman–Crippen MR) is 116 cm³/mol. The Balaban J connectivity index is 1.87. The summed E-state index contributed by atoms with van der Waals surface area (Å²) < 4.78 is 17.9. The van der Waals surface area contributed by atoms with Crippen molar-refractivity contribution in [3.8, 4) is 17.0 Å². The number of esters is 1. The van der Waals surface area contributed by atoms with Gasteiger partial charge in [0.15, 0.2) is 0 Å². The first kappa shape index (κ1) is 21.2. The molecule has 2 aromatic carbocycles. The molecule has 6 heteroatoms. The summed E-state index contributed by atoms with van der Waals surface area (Å²) in [4.78, 5) is 12.2. The van der Waals surface area contributed by atoms with Gasteiger partial charge in [-0.3, -0.25) is 4.68 Å². The minimum absolute atomic E-state index is 0.303. The van der Waals surface area contributed by atoms with Crippen molar-refractivity contribution >= 4 is 11.5 Å². The van der Waals surface area contributed by atoms with Gasteiger partial charge in [0.05, 0.1) is 26.2 Å². The zero-order valence-corrected chi connectivity index (χ0v) is 17.9. The van der Waals surface area contributed by atoms with Crippen molar-refractivity contribution in [3.63, 3.8) is 0 Å². The number of hydrogen-bond donors (Lipinski definition) is 0. The molecule has 0 saturated heterocycles. The number of rotatable bonds is 7. The molecule has 0 atom stereocenters. The highest BCUT2D eigenvalue weighted by atomic mass is 16.5. The Hall–Kier alpha value is -3.54. The number of aryl methyl sites for hydroxylation is 3. The van der Waals surface area contributed by atoms with E-state index in [4.69, 9.17) is 14.2 Å². The SMILES string of the molecule is CO/C=C(\C(=O)OC)c1ccccc1COc1cc(C)c(-c2ccn(C)n2)cc1C. The van der Waals surface area contributed by atoms with Crippen LogP contribution in [-0.2, 0) is 27.9 Å². The summed E-state index contributed by atoms with van der Waals surface area (Å²) in [6, 6.07) is 13.6. The lowest BCUT2D eigenvalue weighted by atomic mass is 10.0. The number of hydrogen-bond acceptors (Lipinski definition) is 5. The first-order chi connectivity index (χ1) is 14.4. The van der Waals surface area contributed by atoms with E-state index in [0.29, 0.717) is 17.7 Å². The number of carbonyl (C=O) groups is 1. The molecule has 0 spiro atoms. The monoisotopic (exact) mass is 406 g/mol. The highest BCUT2D eigenvalue weighted by molar-refractivity contribution is 6.16. The highest BCUT2D eigenvalue weighted by Gasteiger charge is 2.17. The van der Waals surface area contributed by atoms with Crippen LogP contribution in [0.4, 0.5) is 0 Å². The predicted octanol–water partition coefficient (Wildman–Crippen LogP) is 4.44. The molecule has 0 aliphatic rings. The molecule has 1 heterocycles. The topological polar surface area (TPSA) is 62.6 Å². The molecule has 0 unspecified atom stereocenters. The van der Waals surface area contributed by atoms with E-state index in [9.17, 15) is 4.79 Å². The van der Waals surface area contributed by atoms with E-state index in [0.717, 1.165) is 33.7 Å². The van der Waals surface area contributed by atoms with Crippen molar-refractivity contribution in [2.24, 2.45) is 7.05 Å². The molecular formula is C24H26N2O4. The van der Waals surface area contributed by atoms with Crippen LogP contribution in [0.5, 0.6) is 5.75 Å². The van der Waals surface area contributed by atoms with Crippen LogP contribution in [0.3, 0.4) is 0 Å². The molecular weight excluding hydrogens is 380 g/mol. The molecule has 1 aromatic heterocycles. The molecule has 0 saturated carbocycles. The molecule has 156 valence electrons. The Kier molecular flexibility index (Phi) is 6.57. The minimum atomic E-state index is -0.462. The van der Waals surface area contributed by atoms with Gasteiger partial charge in [-0.05, 0) is 54.3 Å². The Bertz CT molecular complexity index is 1080. The number of carbonyl (C=O) groups excluding carboxylic acids is 1. The summed E-state index contributed by atoms with van der Waals surface area (Å²) in [5.41, 5.74) is 6.02. The average Bonchev–Trinajstić information content (AvgIpc) is 3.18. The van der Waals surface area contributed by atoms with Crippen LogP contribution >= 0.6 is 0 Å². The number of benzene rings is 2. The zero-order chi connectivity index (χ0) is 21.7. The third-order valence-corrected chi connectivity index (χ3v) is 4.84. The van der Waals surface area contributed by atoms with Crippen molar-refractivity contribution in [2.45, 2.75) is 20.5 Å². The van der Waals surface area contributed by atoms with Gasteiger partial charge in [0, 0.05) is 18.8 Å². The molecule has 3 rings (SSSR count). The van der Waals surface area contributed by atoms with Gasteiger partial charge in [-0.1, -0.05) is 24.3 Å². The van der Waals surface area contributed by atoms with Crippen LogP contribution in [0.1, 0.15) is 22.3 Å². The maximum atomic E-state index is 12.2. The van der Waals surface area contributed by atoms with Crippen molar-refractivity contribution in [3.05, 3.63) is 77.2 Å². The lowest BCUT2D eigenvalue weighted by molar-refractivity contribution is -0.133. The third-order valence-electron chi connectivity index (χ3n) is 4.84. The minimum Gasteiger partial charge on any atom is -0.503 e. The number of ether oxygens (including phenoxy) is 3. The van der Waals surface area contributed by atoms with Gasteiger partial charge in [-0.15, -0.1) is 0 Å². The van der Waals surface area contributed by atoms with Crippen LogP contribution in [-0.4, -0.2) is 30.0 Å². The van der Waals surface area contributed by atoms with Gasteiger partial charge in [0.2, 0.25) is 0 Å². The Labute approximate surface area is 176 Å². The van der Waals surface area contributed by atoms with E-state index in [1.807, 2.05) is 63.5 Å².